The van der Waals surface area contributed by atoms with Crippen molar-refractivity contribution in [2.75, 3.05) is 58.9 Å². The number of likely N-dealkylation sites (N-methyl/N-ethyl adjacent to an activating group) is 1. The number of carbonyl (C=O) groups excluding carboxylic acids is 1. The predicted molar refractivity (Wildman–Crippen MR) is 103 cm³/mol. The number of hydrogen-bond acceptors (Lipinski definition) is 6. The second kappa shape index (κ2) is 8.35. The van der Waals surface area contributed by atoms with Gasteiger partial charge in [-0.2, -0.15) is 4.31 Å². The van der Waals surface area contributed by atoms with E-state index in [9.17, 15) is 13.2 Å². The van der Waals surface area contributed by atoms with Crippen molar-refractivity contribution >= 4 is 27.3 Å². The molecule has 26 heavy (non-hydrogen) atoms. The summed E-state index contributed by atoms with van der Waals surface area (Å²) in [6, 6.07) is 3.20. The Labute approximate surface area is 160 Å². The fourth-order valence-electron chi connectivity index (χ4n) is 3.57. The van der Waals surface area contributed by atoms with E-state index in [1.807, 2.05) is 11.8 Å². The van der Waals surface area contributed by atoms with Crippen LogP contribution in [0.2, 0.25) is 0 Å². The Hall–Kier alpha value is -1.00. The van der Waals surface area contributed by atoms with E-state index in [1.165, 1.54) is 15.6 Å². The molecule has 2 saturated heterocycles. The van der Waals surface area contributed by atoms with Crippen LogP contribution < -0.4 is 0 Å². The molecular formula is C17H28N4O3S2. The second-order valence-corrected chi connectivity index (χ2v) is 9.92. The molecule has 1 unspecified atom stereocenters. The first-order valence-electron chi connectivity index (χ1n) is 9.22. The largest absolute Gasteiger partial charge is 0.339 e. The zero-order chi connectivity index (χ0) is 18.7. The number of hydrogen-bond donors (Lipinski definition) is 0. The number of amides is 1. The standard InChI is InChI=1S/C17H28N4O3S2/c1-3-18-6-8-20(9-7-18)17(22)15(2)19-10-12-21(13-11-19)26(23,24)16-5-4-14-25-16/h4-5,14-15H,3,6-13H2,1-2H3. The minimum Gasteiger partial charge on any atom is -0.339 e. The van der Waals surface area contributed by atoms with Gasteiger partial charge in [-0.1, -0.05) is 13.0 Å². The summed E-state index contributed by atoms with van der Waals surface area (Å²) in [6.07, 6.45) is 0. The molecule has 2 fully saturated rings. The quantitative estimate of drug-likeness (QED) is 0.725. The van der Waals surface area contributed by atoms with E-state index in [0.29, 0.717) is 30.4 Å². The van der Waals surface area contributed by atoms with Gasteiger partial charge in [0.1, 0.15) is 4.21 Å². The molecule has 2 aliphatic heterocycles. The fourth-order valence-corrected chi connectivity index (χ4v) is 6.14. The molecule has 1 atom stereocenters. The third-order valence-corrected chi connectivity index (χ3v) is 8.67. The molecule has 1 aromatic heterocycles. The lowest BCUT2D eigenvalue weighted by Crippen LogP contribution is -2.57. The lowest BCUT2D eigenvalue weighted by atomic mass is 10.2. The van der Waals surface area contributed by atoms with Gasteiger partial charge in [0, 0.05) is 52.4 Å². The molecule has 146 valence electrons. The first-order chi connectivity index (χ1) is 12.4. The Balaban J connectivity index is 1.54. The van der Waals surface area contributed by atoms with Crippen LogP contribution in [-0.4, -0.2) is 98.3 Å². The molecule has 0 aliphatic carbocycles. The average molecular weight is 401 g/mol. The highest BCUT2D eigenvalue weighted by molar-refractivity contribution is 7.91. The van der Waals surface area contributed by atoms with Gasteiger partial charge in [0.05, 0.1) is 6.04 Å². The van der Waals surface area contributed by atoms with Crippen LogP contribution in [0.4, 0.5) is 0 Å². The summed E-state index contributed by atoms with van der Waals surface area (Å²) < 4.78 is 27.1. The number of piperazine rings is 2. The van der Waals surface area contributed by atoms with Gasteiger partial charge in [0.2, 0.25) is 5.91 Å². The maximum absolute atomic E-state index is 12.8. The van der Waals surface area contributed by atoms with Gasteiger partial charge in [0.15, 0.2) is 0 Å². The summed E-state index contributed by atoms with van der Waals surface area (Å²) in [5, 5.41) is 1.78. The van der Waals surface area contributed by atoms with Crippen molar-refractivity contribution < 1.29 is 13.2 Å². The van der Waals surface area contributed by atoms with Crippen LogP contribution in [0.3, 0.4) is 0 Å². The van der Waals surface area contributed by atoms with Crippen LogP contribution in [0.15, 0.2) is 21.7 Å². The van der Waals surface area contributed by atoms with Crippen LogP contribution in [0.5, 0.6) is 0 Å². The lowest BCUT2D eigenvalue weighted by Gasteiger charge is -2.40. The SMILES string of the molecule is CCN1CCN(C(=O)C(C)N2CCN(S(=O)(=O)c3cccs3)CC2)CC1. The van der Waals surface area contributed by atoms with E-state index >= 15 is 0 Å². The smallest absolute Gasteiger partial charge is 0.252 e. The normalized spacial score (nSPS) is 22.5. The Morgan fingerprint density at radius 1 is 1.12 bits per heavy atom. The van der Waals surface area contributed by atoms with Crippen molar-refractivity contribution in [1.82, 2.24) is 19.0 Å². The monoisotopic (exact) mass is 400 g/mol. The van der Waals surface area contributed by atoms with Crippen molar-refractivity contribution in [2.45, 2.75) is 24.1 Å². The molecule has 3 heterocycles. The molecule has 0 spiro atoms. The lowest BCUT2D eigenvalue weighted by molar-refractivity contribution is -0.138. The molecule has 9 heteroatoms. The Kier molecular flexibility index (Phi) is 6.34. The maximum atomic E-state index is 12.8. The third-order valence-electron chi connectivity index (χ3n) is 5.40. The Bertz CT molecular complexity index is 692. The summed E-state index contributed by atoms with van der Waals surface area (Å²) in [5.41, 5.74) is 0. The van der Waals surface area contributed by atoms with Gasteiger partial charge >= 0.3 is 0 Å². The van der Waals surface area contributed by atoms with Gasteiger partial charge in [-0.25, -0.2) is 8.42 Å². The summed E-state index contributed by atoms with van der Waals surface area (Å²) in [7, 11) is -3.39. The van der Waals surface area contributed by atoms with Gasteiger partial charge in [-0.05, 0) is 24.9 Å². The van der Waals surface area contributed by atoms with E-state index in [4.69, 9.17) is 0 Å². The zero-order valence-electron chi connectivity index (χ0n) is 15.5. The maximum Gasteiger partial charge on any atom is 0.252 e. The van der Waals surface area contributed by atoms with E-state index in [-0.39, 0.29) is 11.9 Å². The van der Waals surface area contributed by atoms with Crippen LogP contribution in [0, 0.1) is 0 Å². The Morgan fingerprint density at radius 2 is 1.77 bits per heavy atom. The van der Waals surface area contributed by atoms with Gasteiger partial charge in [0.25, 0.3) is 10.0 Å². The van der Waals surface area contributed by atoms with E-state index < -0.39 is 10.0 Å². The average Bonchev–Trinajstić information content (AvgIpc) is 3.23. The van der Waals surface area contributed by atoms with Crippen LogP contribution in [-0.2, 0) is 14.8 Å². The predicted octanol–water partition coefficient (Wildman–Crippen LogP) is 0.607. The Morgan fingerprint density at radius 3 is 2.31 bits per heavy atom. The molecule has 0 saturated carbocycles. The van der Waals surface area contributed by atoms with Gasteiger partial charge < -0.3 is 9.80 Å². The minimum absolute atomic E-state index is 0.162. The van der Waals surface area contributed by atoms with Crippen molar-refractivity contribution in [1.29, 1.82) is 0 Å². The van der Waals surface area contributed by atoms with E-state index in [1.54, 1.807) is 17.5 Å². The van der Waals surface area contributed by atoms with Crippen molar-refractivity contribution in [3.05, 3.63) is 17.5 Å². The molecule has 0 aromatic carbocycles. The minimum atomic E-state index is -3.39. The van der Waals surface area contributed by atoms with E-state index in [0.717, 1.165) is 32.7 Å². The highest BCUT2D eigenvalue weighted by Crippen LogP contribution is 2.22. The van der Waals surface area contributed by atoms with Crippen molar-refractivity contribution in [3.63, 3.8) is 0 Å². The second-order valence-electron chi connectivity index (χ2n) is 6.81. The molecule has 3 rings (SSSR count). The molecule has 7 nitrogen and oxygen atoms in total. The van der Waals surface area contributed by atoms with Gasteiger partial charge in [-0.3, -0.25) is 9.69 Å². The summed E-state index contributed by atoms with van der Waals surface area (Å²) in [6.45, 7) is 10.6. The summed E-state index contributed by atoms with van der Waals surface area (Å²) in [5.74, 6) is 0.162. The number of thiophene rings is 1. The highest BCUT2D eigenvalue weighted by Gasteiger charge is 2.34. The number of carbonyl (C=O) groups is 1. The first kappa shape index (κ1) is 19.8. The molecule has 0 radical (unpaired) electrons. The third kappa shape index (κ3) is 4.12. The zero-order valence-corrected chi connectivity index (χ0v) is 17.1. The molecule has 1 aromatic rings. The summed E-state index contributed by atoms with van der Waals surface area (Å²) in [4.78, 5) is 19.2. The molecule has 1 amide bonds. The first-order valence-corrected chi connectivity index (χ1v) is 11.5. The molecule has 2 aliphatic rings. The van der Waals surface area contributed by atoms with Crippen LogP contribution in [0.25, 0.3) is 0 Å². The van der Waals surface area contributed by atoms with Crippen molar-refractivity contribution in [3.8, 4) is 0 Å². The molecule has 0 bridgehead atoms. The highest BCUT2D eigenvalue weighted by atomic mass is 32.2. The molecular weight excluding hydrogens is 372 g/mol. The van der Waals surface area contributed by atoms with Crippen molar-refractivity contribution in [2.24, 2.45) is 0 Å². The van der Waals surface area contributed by atoms with Crippen LogP contribution in [0.1, 0.15) is 13.8 Å². The summed E-state index contributed by atoms with van der Waals surface area (Å²) >= 11 is 1.25. The number of rotatable bonds is 5. The number of sulfonamides is 1. The van der Waals surface area contributed by atoms with Gasteiger partial charge in [-0.15, -0.1) is 11.3 Å². The number of nitrogens with zero attached hydrogens (tertiary/aromatic N) is 4. The topological polar surface area (TPSA) is 64.2 Å². The van der Waals surface area contributed by atoms with Crippen LogP contribution >= 0.6 is 11.3 Å². The van der Waals surface area contributed by atoms with E-state index in [2.05, 4.69) is 16.7 Å². The molecule has 0 N–H and O–H groups in total. The fraction of sp³-hybridized carbons (Fsp3) is 0.706.